The molecule has 1 aliphatic rings. The van der Waals surface area contributed by atoms with Crippen LogP contribution >= 0.6 is 11.3 Å². The number of nitrogens with one attached hydrogen (secondary N) is 2. The predicted molar refractivity (Wildman–Crippen MR) is 107 cm³/mol. The van der Waals surface area contributed by atoms with Crippen LogP contribution in [0.3, 0.4) is 0 Å². The fourth-order valence-electron chi connectivity index (χ4n) is 2.66. The summed E-state index contributed by atoms with van der Waals surface area (Å²) in [5.74, 6) is -0.558. The Morgan fingerprint density at radius 3 is 2.59 bits per heavy atom. The van der Waals surface area contributed by atoms with E-state index in [0.717, 1.165) is 0 Å². The molecule has 9 heteroatoms. The Morgan fingerprint density at radius 1 is 1.14 bits per heavy atom. The van der Waals surface area contributed by atoms with Gasteiger partial charge in [0, 0.05) is 11.8 Å². The molecule has 1 aromatic heterocycles. The average Bonchev–Trinajstić information content (AvgIpc) is 3.25. The van der Waals surface area contributed by atoms with Crippen LogP contribution in [-0.4, -0.2) is 43.6 Å². The van der Waals surface area contributed by atoms with Crippen molar-refractivity contribution in [2.24, 2.45) is 5.92 Å². The monoisotopic (exact) mass is 418 g/mol. The number of carbonyl (C=O) groups excluding carboxylic acids is 3. The minimum Gasteiger partial charge on any atom is -0.486 e. The van der Waals surface area contributed by atoms with Crippen molar-refractivity contribution in [1.82, 2.24) is 5.32 Å². The molecule has 1 aromatic carbocycles. The third kappa shape index (κ3) is 5.47. The maximum absolute atomic E-state index is 12.4. The molecular formula is C20H22N2O6S. The van der Waals surface area contributed by atoms with Crippen LogP contribution in [0.1, 0.15) is 23.5 Å². The number of carbonyl (C=O) groups is 3. The average molecular weight is 418 g/mol. The Balaban J connectivity index is 1.52. The van der Waals surface area contributed by atoms with Crippen LogP contribution in [0.25, 0.3) is 0 Å². The number of rotatable bonds is 7. The zero-order chi connectivity index (χ0) is 20.8. The summed E-state index contributed by atoms with van der Waals surface area (Å²) < 4.78 is 16.0. The lowest BCUT2D eigenvalue weighted by Crippen LogP contribution is -2.45. The molecule has 3 rings (SSSR count). The molecule has 0 spiro atoms. The van der Waals surface area contributed by atoms with Gasteiger partial charge in [-0.1, -0.05) is 19.9 Å². The summed E-state index contributed by atoms with van der Waals surface area (Å²) in [5.41, 5.74) is 0.502. The van der Waals surface area contributed by atoms with Crippen LogP contribution in [-0.2, 0) is 14.3 Å². The van der Waals surface area contributed by atoms with Crippen LogP contribution in [0, 0.1) is 5.92 Å². The van der Waals surface area contributed by atoms with Crippen molar-refractivity contribution in [3.63, 3.8) is 0 Å². The molecule has 1 atom stereocenters. The number of benzene rings is 1. The molecule has 8 nitrogen and oxygen atoms in total. The Hall–Kier alpha value is -3.07. The van der Waals surface area contributed by atoms with Gasteiger partial charge in [-0.05, 0) is 29.5 Å². The van der Waals surface area contributed by atoms with Crippen LogP contribution in [0.4, 0.5) is 5.69 Å². The van der Waals surface area contributed by atoms with Crippen molar-refractivity contribution in [1.29, 1.82) is 0 Å². The first-order chi connectivity index (χ1) is 13.9. The van der Waals surface area contributed by atoms with E-state index < -0.39 is 24.5 Å². The summed E-state index contributed by atoms with van der Waals surface area (Å²) in [6.07, 6.45) is 0. The number of hydrogen-bond donors (Lipinski definition) is 2. The van der Waals surface area contributed by atoms with Gasteiger partial charge in [0.25, 0.3) is 11.8 Å². The van der Waals surface area contributed by atoms with Crippen LogP contribution in [0.5, 0.6) is 11.5 Å². The van der Waals surface area contributed by atoms with E-state index in [1.807, 2.05) is 0 Å². The highest BCUT2D eigenvalue weighted by molar-refractivity contribution is 7.12. The van der Waals surface area contributed by atoms with Gasteiger partial charge in [-0.25, -0.2) is 4.79 Å². The number of anilines is 1. The van der Waals surface area contributed by atoms with Gasteiger partial charge in [0.15, 0.2) is 18.1 Å². The molecule has 29 heavy (non-hydrogen) atoms. The standard InChI is InChI=1S/C20H22N2O6S/c1-12(2)18(22-19(24)16-4-3-9-29-16)20(25)28-11-17(23)21-13-5-6-14-15(10-13)27-8-7-26-14/h3-6,9-10,12,18H,7-8,11H2,1-2H3,(H,21,23)(H,22,24)/t18-/m1/s1. The van der Waals surface area contributed by atoms with Gasteiger partial charge in [0.2, 0.25) is 0 Å². The minimum absolute atomic E-state index is 0.202. The second-order valence-electron chi connectivity index (χ2n) is 6.69. The number of amides is 2. The summed E-state index contributed by atoms with van der Waals surface area (Å²) in [5, 5.41) is 7.08. The molecule has 0 unspecified atom stereocenters. The lowest BCUT2D eigenvalue weighted by molar-refractivity contribution is -0.150. The van der Waals surface area contributed by atoms with E-state index in [1.165, 1.54) is 11.3 Å². The number of esters is 1. The summed E-state index contributed by atoms with van der Waals surface area (Å²) in [4.78, 5) is 37.2. The quantitative estimate of drug-likeness (QED) is 0.670. The molecule has 154 valence electrons. The second kappa shape index (κ2) is 9.42. The van der Waals surface area contributed by atoms with Crippen LogP contribution in [0.15, 0.2) is 35.7 Å². The highest BCUT2D eigenvalue weighted by Gasteiger charge is 2.27. The van der Waals surface area contributed by atoms with Crippen molar-refractivity contribution in [3.05, 3.63) is 40.6 Å². The summed E-state index contributed by atoms with van der Waals surface area (Å²) in [6, 6.07) is 7.59. The van der Waals surface area contributed by atoms with Crippen LogP contribution in [0.2, 0.25) is 0 Å². The molecule has 0 aliphatic carbocycles. The van der Waals surface area contributed by atoms with E-state index in [1.54, 1.807) is 49.6 Å². The highest BCUT2D eigenvalue weighted by atomic mass is 32.1. The molecule has 0 saturated heterocycles. The first-order valence-electron chi connectivity index (χ1n) is 9.14. The van der Waals surface area contributed by atoms with E-state index in [2.05, 4.69) is 10.6 Å². The third-order valence-corrected chi connectivity index (χ3v) is 4.99. The fourth-order valence-corrected chi connectivity index (χ4v) is 3.29. The van der Waals surface area contributed by atoms with Gasteiger partial charge in [0.1, 0.15) is 19.3 Å². The topological polar surface area (TPSA) is 103 Å². The van der Waals surface area contributed by atoms with Gasteiger partial charge >= 0.3 is 5.97 Å². The molecule has 2 amide bonds. The minimum atomic E-state index is -0.855. The molecule has 0 radical (unpaired) electrons. The number of hydrogen-bond acceptors (Lipinski definition) is 7. The smallest absolute Gasteiger partial charge is 0.329 e. The fraction of sp³-hybridized carbons (Fsp3) is 0.350. The Bertz CT molecular complexity index is 881. The van der Waals surface area contributed by atoms with Crippen molar-refractivity contribution < 1.29 is 28.6 Å². The maximum Gasteiger partial charge on any atom is 0.329 e. The molecule has 2 N–H and O–H groups in total. The van der Waals surface area contributed by atoms with E-state index in [0.29, 0.717) is 35.3 Å². The number of fused-ring (bicyclic) bond motifs is 1. The normalized spacial score (nSPS) is 13.5. The molecule has 0 saturated carbocycles. The Kier molecular flexibility index (Phi) is 6.71. The van der Waals surface area contributed by atoms with Crippen molar-refractivity contribution >= 4 is 34.8 Å². The molecule has 2 aromatic rings. The lowest BCUT2D eigenvalue weighted by atomic mass is 10.0. The number of ether oxygens (including phenoxy) is 3. The SMILES string of the molecule is CC(C)[C@@H](NC(=O)c1cccs1)C(=O)OCC(=O)Nc1ccc2c(c1)OCCO2. The van der Waals surface area contributed by atoms with E-state index in [4.69, 9.17) is 14.2 Å². The first kappa shape index (κ1) is 20.7. The number of thiophene rings is 1. The zero-order valence-corrected chi connectivity index (χ0v) is 16.9. The first-order valence-corrected chi connectivity index (χ1v) is 10.0. The predicted octanol–water partition coefficient (Wildman–Crippen LogP) is 2.46. The molecule has 0 fully saturated rings. The largest absolute Gasteiger partial charge is 0.486 e. The Morgan fingerprint density at radius 2 is 1.90 bits per heavy atom. The van der Waals surface area contributed by atoms with Gasteiger partial charge in [-0.15, -0.1) is 11.3 Å². The Labute approximate surface area is 172 Å². The third-order valence-electron chi connectivity index (χ3n) is 4.12. The van der Waals surface area contributed by atoms with Crippen molar-refractivity contribution in [2.75, 3.05) is 25.1 Å². The lowest BCUT2D eigenvalue weighted by Gasteiger charge is -2.20. The molecule has 1 aliphatic heterocycles. The summed E-state index contributed by atoms with van der Waals surface area (Å²) in [7, 11) is 0. The maximum atomic E-state index is 12.4. The van der Waals surface area contributed by atoms with Crippen molar-refractivity contribution in [3.8, 4) is 11.5 Å². The van der Waals surface area contributed by atoms with Gasteiger partial charge in [-0.2, -0.15) is 0 Å². The van der Waals surface area contributed by atoms with E-state index >= 15 is 0 Å². The van der Waals surface area contributed by atoms with E-state index in [9.17, 15) is 14.4 Å². The van der Waals surface area contributed by atoms with Gasteiger partial charge in [0.05, 0.1) is 4.88 Å². The summed E-state index contributed by atoms with van der Waals surface area (Å²) >= 11 is 1.28. The molecular weight excluding hydrogens is 396 g/mol. The summed E-state index contributed by atoms with van der Waals surface area (Å²) in [6.45, 7) is 4.03. The van der Waals surface area contributed by atoms with Crippen LogP contribution < -0.4 is 20.1 Å². The highest BCUT2D eigenvalue weighted by Crippen LogP contribution is 2.32. The molecule has 0 bridgehead atoms. The van der Waals surface area contributed by atoms with Gasteiger partial charge < -0.3 is 24.8 Å². The molecule has 2 heterocycles. The van der Waals surface area contributed by atoms with E-state index in [-0.39, 0.29) is 11.8 Å². The van der Waals surface area contributed by atoms with Crippen molar-refractivity contribution in [2.45, 2.75) is 19.9 Å². The zero-order valence-electron chi connectivity index (χ0n) is 16.1. The van der Waals surface area contributed by atoms with Gasteiger partial charge in [-0.3, -0.25) is 9.59 Å². The second-order valence-corrected chi connectivity index (χ2v) is 7.63.